The summed E-state index contributed by atoms with van der Waals surface area (Å²) in [7, 11) is 0. The first-order chi connectivity index (χ1) is 9.60. The highest BCUT2D eigenvalue weighted by Gasteiger charge is 2.19. The molecule has 3 N–H and O–H groups in total. The molecule has 20 heavy (non-hydrogen) atoms. The summed E-state index contributed by atoms with van der Waals surface area (Å²) in [4.78, 5) is 5.82. The van der Waals surface area contributed by atoms with Crippen LogP contribution >= 0.6 is 11.6 Å². The van der Waals surface area contributed by atoms with Crippen LogP contribution in [0.1, 0.15) is 5.56 Å². The molecular weight excluding hydrogens is 279 g/mol. The summed E-state index contributed by atoms with van der Waals surface area (Å²) < 4.78 is 13.7. The van der Waals surface area contributed by atoms with Gasteiger partial charge in [0.25, 0.3) is 0 Å². The monoisotopic (exact) mass is 294 g/mol. The van der Waals surface area contributed by atoms with Gasteiger partial charge < -0.3 is 16.0 Å². The van der Waals surface area contributed by atoms with Crippen molar-refractivity contribution in [3.63, 3.8) is 0 Å². The van der Waals surface area contributed by atoms with E-state index in [2.05, 4.69) is 16.9 Å². The van der Waals surface area contributed by atoms with Crippen LogP contribution in [0.25, 0.3) is 0 Å². The van der Waals surface area contributed by atoms with Crippen LogP contribution in [0.4, 0.5) is 10.1 Å². The maximum absolute atomic E-state index is 13.7. The molecule has 1 aliphatic heterocycles. The van der Waals surface area contributed by atoms with E-state index in [9.17, 15) is 4.39 Å². The molecule has 0 aromatic carbocycles. The Hall–Kier alpha value is -1.85. The van der Waals surface area contributed by atoms with Gasteiger partial charge in [-0.1, -0.05) is 30.3 Å². The standard InChI is InChI=1S/C14H16ClFN4/c1-10-19-13-6-14(15)18-7-11(13)8-20(10)9-12(16)4-2-3-5-17/h2-4,6-7,19H,1,5,8-9,17H2/b3-2-,12-4+. The van der Waals surface area contributed by atoms with Gasteiger partial charge in [-0.3, -0.25) is 0 Å². The van der Waals surface area contributed by atoms with Crippen molar-refractivity contribution in [1.29, 1.82) is 0 Å². The van der Waals surface area contributed by atoms with Crippen LogP contribution in [0.3, 0.4) is 0 Å². The minimum atomic E-state index is -0.261. The van der Waals surface area contributed by atoms with E-state index in [4.69, 9.17) is 17.3 Å². The molecule has 1 aromatic heterocycles. The van der Waals surface area contributed by atoms with Gasteiger partial charge in [0.2, 0.25) is 0 Å². The molecule has 0 amide bonds. The molecule has 4 nitrogen and oxygen atoms in total. The van der Waals surface area contributed by atoms with Crippen LogP contribution in [0.2, 0.25) is 5.15 Å². The first-order valence-corrected chi connectivity index (χ1v) is 6.54. The summed E-state index contributed by atoms with van der Waals surface area (Å²) in [6, 6.07) is 1.73. The van der Waals surface area contributed by atoms with E-state index in [0.29, 0.717) is 24.1 Å². The quantitative estimate of drug-likeness (QED) is 0.662. The maximum atomic E-state index is 13.7. The molecule has 0 radical (unpaired) electrons. The fraction of sp³-hybridized carbons (Fsp3) is 0.214. The van der Waals surface area contributed by atoms with Crippen LogP contribution in [-0.4, -0.2) is 23.0 Å². The predicted octanol–water partition coefficient (Wildman–Crippen LogP) is 2.80. The minimum Gasteiger partial charge on any atom is -0.348 e. The summed E-state index contributed by atoms with van der Waals surface area (Å²) >= 11 is 5.83. The number of nitrogens with one attached hydrogen (secondary N) is 1. The lowest BCUT2D eigenvalue weighted by molar-refractivity contribution is 0.334. The molecule has 6 heteroatoms. The normalized spacial score (nSPS) is 15.4. The van der Waals surface area contributed by atoms with Gasteiger partial charge in [0.05, 0.1) is 12.4 Å². The average Bonchev–Trinajstić information content (AvgIpc) is 2.40. The van der Waals surface area contributed by atoms with Gasteiger partial charge in [-0.05, 0) is 12.1 Å². The van der Waals surface area contributed by atoms with Gasteiger partial charge in [0.15, 0.2) is 0 Å². The van der Waals surface area contributed by atoms with Crippen molar-refractivity contribution in [2.45, 2.75) is 6.54 Å². The maximum Gasteiger partial charge on any atom is 0.131 e. The molecule has 0 saturated carbocycles. The number of halogens is 2. The Morgan fingerprint density at radius 1 is 1.65 bits per heavy atom. The highest BCUT2D eigenvalue weighted by molar-refractivity contribution is 6.29. The highest BCUT2D eigenvalue weighted by atomic mass is 35.5. The van der Waals surface area contributed by atoms with Gasteiger partial charge in [0.1, 0.15) is 11.0 Å². The topological polar surface area (TPSA) is 54.2 Å². The average molecular weight is 295 g/mol. The summed E-state index contributed by atoms with van der Waals surface area (Å²) in [5, 5.41) is 3.51. The number of anilines is 1. The molecule has 1 aromatic rings. The van der Waals surface area contributed by atoms with Gasteiger partial charge in [-0.25, -0.2) is 9.37 Å². The molecular formula is C14H16ClFN4. The zero-order chi connectivity index (χ0) is 14.5. The molecule has 0 unspecified atom stereocenters. The molecule has 1 aliphatic rings. The third kappa shape index (κ3) is 3.59. The third-order valence-electron chi connectivity index (χ3n) is 2.87. The highest BCUT2D eigenvalue weighted by Crippen LogP contribution is 2.28. The summed E-state index contributed by atoms with van der Waals surface area (Å²) in [6.07, 6.45) is 6.37. The van der Waals surface area contributed by atoms with Crippen molar-refractivity contribution >= 4 is 17.3 Å². The second-order valence-electron chi connectivity index (χ2n) is 4.37. The Kier molecular flexibility index (Phi) is 4.76. The fourth-order valence-electron chi connectivity index (χ4n) is 1.87. The lowest BCUT2D eigenvalue weighted by Crippen LogP contribution is -2.32. The Labute approximate surface area is 122 Å². The molecule has 2 rings (SSSR count). The van der Waals surface area contributed by atoms with Crippen molar-refractivity contribution < 1.29 is 4.39 Å². The van der Waals surface area contributed by atoms with Crippen molar-refractivity contribution in [2.75, 3.05) is 18.4 Å². The van der Waals surface area contributed by atoms with E-state index in [1.165, 1.54) is 6.08 Å². The fourth-order valence-corrected chi connectivity index (χ4v) is 2.03. The molecule has 2 heterocycles. The molecule has 0 atom stereocenters. The van der Waals surface area contributed by atoms with Gasteiger partial charge >= 0.3 is 0 Å². The van der Waals surface area contributed by atoms with Crippen LogP contribution in [0.5, 0.6) is 0 Å². The molecule has 0 spiro atoms. The number of pyridine rings is 1. The van der Waals surface area contributed by atoms with Crippen molar-refractivity contribution in [3.8, 4) is 0 Å². The lowest BCUT2D eigenvalue weighted by atomic mass is 10.1. The first kappa shape index (κ1) is 14.6. The molecule has 106 valence electrons. The molecule has 0 aliphatic carbocycles. The number of aromatic nitrogens is 1. The largest absolute Gasteiger partial charge is 0.348 e. The van der Waals surface area contributed by atoms with E-state index < -0.39 is 0 Å². The zero-order valence-corrected chi connectivity index (χ0v) is 11.7. The predicted molar refractivity (Wildman–Crippen MR) is 79.8 cm³/mol. The molecule has 0 bridgehead atoms. The SMILES string of the molecule is C=C1Nc2cc(Cl)ncc2CN1C/C(F)=C\C=C/CN. The second kappa shape index (κ2) is 6.54. The molecule has 0 fully saturated rings. The van der Waals surface area contributed by atoms with E-state index in [1.807, 2.05) is 0 Å². The van der Waals surface area contributed by atoms with E-state index in [-0.39, 0.29) is 12.4 Å². The lowest BCUT2D eigenvalue weighted by Gasteiger charge is -2.32. The summed E-state index contributed by atoms with van der Waals surface area (Å²) in [5.41, 5.74) is 7.11. The zero-order valence-electron chi connectivity index (χ0n) is 10.9. The van der Waals surface area contributed by atoms with Crippen molar-refractivity contribution in [1.82, 2.24) is 9.88 Å². The Morgan fingerprint density at radius 2 is 2.45 bits per heavy atom. The number of allylic oxidation sites excluding steroid dienone is 2. The Bertz CT molecular complexity index is 568. The van der Waals surface area contributed by atoms with Gasteiger partial charge in [-0.15, -0.1) is 0 Å². The van der Waals surface area contributed by atoms with Gasteiger partial charge in [0, 0.05) is 30.5 Å². The van der Waals surface area contributed by atoms with Crippen LogP contribution in [-0.2, 0) is 6.54 Å². The number of nitrogens with zero attached hydrogens (tertiary/aromatic N) is 2. The third-order valence-corrected chi connectivity index (χ3v) is 3.07. The van der Waals surface area contributed by atoms with Crippen LogP contribution < -0.4 is 11.1 Å². The van der Waals surface area contributed by atoms with Crippen molar-refractivity contribution in [3.05, 3.63) is 59.4 Å². The molecule has 0 saturated heterocycles. The van der Waals surface area contributed by atoms with Crippen LogP contribution in [0, 0.1) is 0 Å². The number of rotatable bonds is 4. The number of hydrogen-bond acceptors (Lipinski definition) is 4. The number of hydrogen-bond donors (Lipinski definition) is 2. The number of nitrogens with two attached hydrogens (primary N) is 1. The van der Waals surface area contributed by atoms with Crippen LogP contribution in [0.15, 0.2) is 48.7 Å². The second-order valence-corrected chi connectivity index (χ2v) is 4.76. The van der Waals surface area contributed by atoms with E-state index in [0.717, 1.165) is 11.3 Å². The van der Waals surface area contributed by atoms with E-state index >= 15 is 0 Å². The van der Waals surface area contributed by atoms with Gasteiger partial charge in [-0.2, -0.15) is 0 Å². The minimum absolute atomic E-state index is 0.142. The first-order valence-electron chi connectivity index (χ1n) is 6.16. The smallest absolute Gasteiger partial charge is 0.131 e. The Morgan fingerprint density at radius 3 is 3.20 bits per heavy atom. The summed E-state index contributed by atoms with van der Waals surface area (Å²) in [6.45, 7) is 4.96. The van der Waals surface area contributed by atoms with Crippen molar-refractivity contribution in [2.24, 2.45) is 5.73 Å². The Balaban J connectivity index is 2.08. The number of fused-ring (bicyclic) bond motifs is 1. The van der Waals surface area contributed by atoms with E-state index in [1.54, 1.807) is 29.3 Å². The summed E-state index contributed by atoms with van der Waals surface area (Å²) in [5.74, 6) is 0.370.